The van der Waals surface area contributed by atoms with Crippen LogP contribution in [0.4, 0.5) is 0 Å². The van der Waals surface area contributed by atoms with Crippen molar-refractivity contribution in [3.8, 4) is 11.1 Å². The van der Waals surface area contributed by atoms with Crippen LogP contribution in [-0.4, -0.2) is 50.7 Å². The van der Waals surface area contributed by atoms with Crippen LogP contribution in [0.25, 0.3) is 22.2 Å². The van der Waals surface area contributed by atoms with Crippen LogP contribution in [0, 0.1) is 6.92 Å². The van der Waals surface area contributed by atoms with Crippen molar-refractivity contribution >= 4 is 22.8 Å². The number of amides is 2. The van der Waals surface area contributed by atoms with E-state index < -0.39 is 0 Å². The Balaban J connectivity index is 0.000000224. The molecule has 2 fully saturated rings. The molecular formula is C42H50N4O2. The number of hydrogen-bond acceptors (Lipinski definition) is 3. The minimum absolute atomic E-state index is 0. The molecule has 3 heterocycles. The molecule has 6 nitrogen and oxygen atoms in total. The lowest BCUT2D eigenvalue weighted by molar-refractivity contribution is -0.134. The van der Waals surface area contributed by atoms with Crippen molar-refractivity contribution in [2.75, 3.05) is 13.1 Å². The van der Waals surface area contributed by atoms with E-state index in [2.05, 4.69) is 61.3 Å². The highest BCUT2D eigenvalue weighted by Gasteiger charge is 2.34. The molecule has 250 valence electrons. The van der Waals surface area contributed by atoms with Gasteiger partial charge in [-0.2, -0.15) is 0 Å². The SMILES string of the molecule is C.C[C@@H]1CCCN1C(=O)[C@H](C)c1ccccc1.Cc1ccc(-c2ccc3nc([C@@H]4CCCN4C(=O)[C@H](C)c4ccccc4)[nH]c3c2)cc1. The van der Waals surface area contributed by atoms with Gasteiger partial charge in [-0.05, 0) is 87.8 Å². The summed E-state index contributed by atoms with van der Waals surface area (Å²) in [7, 11) is 0. The third-order valence-electron chi connectivity index (χ3n) is 9.91. The summed E-state index contributed by atoms with van der Waals surface area (Å²) in [6.45, 7) is 9.95. The number of fused-ring (bicyclic) bond motifs is 1. The number of nitrogens with zero attached hydrogens (tertiary/aromatic N) is 3. The number of aryl methyl sites for hydroxylation is 1. The van der Waals surface area contributed by atoms with Gasteiger partial charge in [0.15, 0.2) is 0 Å². The van der Waals surface area contributed by atoms with Gasteiger partial charge in [0.25, 0.3) is 0 Å². The summed E-state index contributed by atoms with van der Waals surface area (Å²) in [6, 6.07) is 35.4. The van der Waals surface area contributed by atoms with Gasteiger partial charge in [-0.1, -0.05) is 104 Å². The second-order valence-corrected chi connectivity index (χ2v) is 13.2. The Morgan fingerprint density at radius 3 is 1.85 bits per heavy atom. The summed E-state index contributed by atoms with van der Waals surface area (Å²) in [4.78, 5) is 38.0. The zero-order chi connectivity index (χ0) is 32.9. The standard InChI is InChI=1S/C27H27N3O.C14H19NO.CH4/c1-18-10-12-21(13-11-18)22-14-15-23-24(17-22)29-26(28-23)25-9-6-16-30(25)27(31)19(2)20-7-4-3-5-8-20;1-11-7-6-10-15(11)14(16)12(2)13-8-4-3-5-9-13;/h3-5,7-8,10-15,17,19,25H,6,9,16H2,1-2H3,(H,28,29);3-5,8-9,11-12H,6-7,10H2,1-2H3;1H4/t19-,25+;11-,12-;/m11./s1. The van der Waals surface area contributed by atoms with E-state index in [0.717, 1.165) is 66.8 Å². The molecule has 6 heteroatoms. The number of aromatic nitrogens is 2. The highest BCUT2D eigenvalue weighted by Crippen LogP contribution is 2.35. The number of H-pyrrole nitrogens is 1. The third-order valence-corrected chi connectivity index (χ3v) is 9.91. The second kappa shape index (κ2) is 15.5. The summed E-state index contributed by atoms with van der Waals surface area (Å²) in [6.07, 6.45) is 4.24. The summed E-state index contributed by atoms with van der Waals surface area (Å²) in [5.74, 6) is 1.17. The molecule has 2 aliphatic rings. The van der Waals surface area contributed by atoms with Crippen molar-refractivity contribution in [2.45, 2.75) is 84.7 Å². The first-order chi connectivity index (χ1) is 22.8. The van der Waals surface area contributed by atoms with E-state index in [0.29, 0.717) is 6.04 Å². The van der Waals surface area contributed by atoms with Crippen LogP contribution in [0.3, 0.4) is 0 Å². The predicted molar refractivity (Wildman–Crippen MR) is 197 cm³/mol. The molecule has 4 aromatic carbocycles. The number of aromatic amines is 1. The summed E-state index contributed by atoms with van der Waals surface area (Å²) in [5, 5.41) is 0. The van der Waals surface area contributed by atoms with Crippen LogP contribution in [0.15, 0.2) is 103 Å². The van der Waals surface area contributed by atoms with Gasteiger partial charge in [0.1, 0.15) is 5.82 Å². The zero-order valence-corrected chi connectivity index (χ0v) is 28.0. The van der Waals surface area contributed by atoms with E-state index in [1.165, 1.54) is 16.7 Å². The Morgan fingerprint density at radius 1 is 0.729 bits per heavy atom. The average Bonchev–Trinajstić information content (AvgIpc) is 3.88. The first kappa shape index (κ1) is 34.6. The number of imidazole rings is 1. The smallest absolute Gasteiger partial charge is 0.230 e. The quantitative estimate of drug-likeness (QED) is 0.201. The zero-order valence-electron chi connectivity index (χ0n) is 28.0. The maximum Gasteiger partial charge on any atom is 0.230 e. The van der Waals surface area contributed by atoms with E-state index >= 15 is 0 Å². The highest BCUT2D eigenvalue weighted by atomic mass is 16.2. The first-order valence-corrected chi connectivity index (χ1v) is 17.1. The lowest BCUT2D eigenvalue weighted by Crippen LogP contribution is -2.36. The molecule has 0 unspecified atom stereocenters. The predicted octanol–water partition coefficient (Wildman–Crippen LogP) is 9.44. The maximum atomic E-state index is 13.3. The number of rotatable bonds is 6. The van der Waals surface area contributed by atoms with E-state index in [1.54, 1.807) is 0 Å². The van der Waals surface area contributed by atoms with E-state index in [4.69, 9.17) is 4.98 Å². The normalized spacial score (nSPS) is 18.5. The fraction of sp³-hybridized carbons (Fsp3) is 0.357. The lowest BCUT2D eigenvalue weighted by Gasteiger charge is -2.26. The van der Waals surface area contributed by atoms with Gasteiger partial charge in [-0.3, -0.25) is 9.59 Å². The van der Waals surface area contributed by atoms with Gasteiger partial charge in [-0.25, -0.2) is 4.98 Å². The Kier molecular flexibility index (Phi) is 11.2. The van der Waals surface area contributed by atoms with Crippen LogP contribution in [0.5, 0.6) is 0 Å². The number of hydrogen-bond donors (Lipinski definition) is 1. The summed E-state index contributed by atoms with van der Waals surface area (Å²) < 4.78 is 0. The Hall–Kier alpha value is -4.71. The largest absolute Gasteiger partial charge is 0.340 e. The van der Waals surface area contributed by atoms with Gasteiger partial charge < -0.3 is 14.8 Å². The van der Waals surface area contributed by atoms with Gasteiger partial charge in [-0.15, -0.1) is 0 Å². The average molecular weight is 643 g/mol. The lowest BCUT2D eigenvalue weighted by atomic mass is 9.99. The molecule has 1 N–H and O–H groups in total. The van der Waals surface area contributed by atoms with Gasteiger partial charge in [0.2, 0.25) is 11.8 Å². The molecule has 1 aromatic heterocycles. The summed E-state index contributed by atoms with van der Waals surface area (Å²) in [5.41, 5.74) is 7.75. The molecule has 5 aromatic rings. The van der Waals surface area contributed by atoms with Crippen molar-refractivity contribution in [3.05, 3.63) is 126 Å². The van der Waals surface area contributed by atoms with E-state index in [1.807, 2.05) is 84.3 Å². The third kappa shape index (κ3) is 7.54. The molecular weight excluding hydrogens is 592 g/mol. The number of benzene rings is 4. The second-order valence-electron chi connectivity index (χ2n) is 13.2. The molecule has 4 atom stereocenters. The van der Waals surface area contributed by atoms with E-state index in [-0.39, 0.29) is 37.1 Å². The van der Waals surface area contributed by atoms with Crippen molar-refractivity contribution in [1.82, 2.24) is 19.8 Å². The van der Waals surface area contributed by atoms with Gasteiger partial charge in [0, 0.05) is 19.1 Å². The Morgan fingerprint density at radius 2 is 1.27 bits per heavy atom. The molecule has 0 spiro atoms. The fourth-order valence-electron chi connectivity index (χ4n) is 6.95. The van der Waals surface area contributed by atoms with Crippen molar-refractivity contribution < 1.29 is 9.59 Å². The van der Waals surface area contributed by atoms with Crippen LogP contribution in [-0.2, 0) is 9.59 Å². The number of carbonyl (C=O) groups is 2. The van der Waals surface area contributed by atoms with Gasteiger partial charge >= 0.3 is 0 Å². The van der Waals surface area contributed by atoms with Gasteiger partial charge in [0.05, 0.1) is 28.9 Å². The molecule has 0 aliphatic carbocycles. The maximum absolute atomic E-state index is 13.3. The van der Waals surface area contributed by atoms with Crippen molar-refractivity contribution in [2.24, 2.45) is 0 Å². The number of nitrogens with one attached hydrogen (secondary N) is 1. The minimum Gasteiger partial charge on any atom is -0.340 e. The van der Waals surface area contributed by atoms with Crippen LogP contribution in [0.2, 0.25) is 0 Å². The number of carbonyl (C=O) groups excluding carboxylic acids is 2. The van der Waals surface area contributed by atoms with Crippen LogP contribution in [0.1, 0.15) is 94.3 Å². The molecule has 2 amide bonds. The van der Waals surface area contributed by atoms with Crippen molar-refractivity contribution in [1.29, 1.82) is 0 Å². The Bertz CT molecular complexity index is 1800. The Labute approximate surface area is 286 Å². The summed E-state index contributed by atoms with van der Waals surface area (Å²) >= 11 is 0. The molecule has 48 heavy (non-hydrogen) atoms. The molecule has 0 saturated carbocycles. The van der Waals surface area contributed by atoms with Crippen LogP contribution >= 0.6 is 0 Å². The fourth-order valence-corrected chi connectivity index (χ4v) is 6.95. The molecule has 7 rings (SSSR count). The monoisotopic (exact) mass is 642 g/mol. The molecule has 2 saturated heterocycles. The highest BCUT2D eigenvalue weighted by molar-refractivity contribution is 5.85. The molecule has 0 bridgehead atoms. The number of likely N-dealkylation sites (tertiary alicyclic amines) is 2. The van der Waals surface area contributed by atoms with Crippen molar-refractivity contribution in [3.63, 3.8) is 0 Å². The van der Waals surface area contributed by atoms with E-state index in [9.17, 15) is 9.59 Å². The molecule has 0 radical (unpaired) electrons. The topological polar surface area (TPSA) is 69.3 Å². The molecule has 2 aliphatic heterocycles. The minimum atomic E-state index is -0.153. The first-order valence-electron chi connectivity index (χ1n) is 17.1. The van der Waals surface area contributed by atoms with Crippen LogP contribution < -0.4 is 0 Å².